The highest BCUT2D eigenvalue weighted by Gasteiger charge is 2.31. The Labute approximate surface area is 140 Å². The van der Waals surface area contributed by atoms with Crippen molar-refractivity contribution in [3.8, 4) is 0 Å². The molecule has 2 aromatic rings. The van der Waals surface area contributed by atoms with Crippen LogP contribution in [0, 0.1) is 0 Å². The van der Waals surface area contributed by atoms with E-state index in [1.165, 1.54) is 0 Å². The minimum atomic E-state index is -0.156. The molecule has 0 N–H and O–H groups in total. The highest BCUT2D eigenvalue weighted by atomic mass is 79.9. The third kappa shape index (κ3) is 2.81. The molecule has 0 spiro atoms. The molecular formula is C15H11Br2NOS. The van der Waals surface area contributed by atoms with Crippen molar-refractivity contribution < 1.29 is 4.74 Å². The number of thiocarbonyl (C=S) groups is 1. The second-order valence-corrected chi connectivity index (χ2v) is 6.76. The average molecular weight is 413 g/mol. The van der Waals surface area contributed by atoms with Crippen LogP contribution in [-0.4, -0.2) is 11.6 Å². The second kappa shape index (κ2) is 5.93. The molecule has 1 aliphatic rings. The largest absolute Gasteiger partial charge is 0.347 e. The summed E-state index contributed by atoms with van der Waals surface area (Å²) in [6.45, 7) is 0.478. The van der Waals surface area contributed by atoms with Gasteiger partial charge in [-0.05, 0) is 36.4 Å². The first-order valence-corrected chi connectivity index (χ1v) is 8.09. The monoisotopic (exact) mass is 411 g/mol. The predicted molar refractivity (Wildman–Crippen MR) is 92.1 cm³/mol. The van der Waals surface area contributed by atoms with Crippen molar-refractivity contribution >= 4 is 54.8 Å². The molecule has 2 aromatic carbocycles. The fourth-order valence-electron chi connectivity index (χ4n) is 2.18. The van der Waals surface area contributed by atoms with Crippen molar-refractivity contribution in [1.29, 1.82) is 0 Å². The Morgan fingerprint density at radius 2 is 1.50 bits per heavy atom. The van der Waals surface area contributed by atoms with Crippen LogP contribution in [0.2, 0.25) is 0 Å². The Bertz CT molecular complexity index is 627. The van der Waals surface area contributed by atoms with Gasteiger partial charge in [-0.2, -0.15) is 0 Å². The molecule has 0 bridgehead atoms. The van der Waals surface area contributed by atoms with E-state index in [9.17, 15) is 0 Å². The van der Waals surface area contributed by atoms with Gasteiger partial charge in [0.15, 0.2) is 6.23 Å². The predicted octanol–water partition coefficient (Wildman–Crippen LogP) is 5.07. The van der Waals surface area contributed by atoms with Crippen LogP contribution in [0.4, 0.5) is 5.69 Å². The fraction of sp³-hybridized carbons (Fsp3) is 0.133. The summed E-state index contributed by atoms with van der Waals surface area (Å²) in [5, 5.41) is 0. The van der Waals surface area contributed by atoms with Gasteiger partial charge in [-0.25, -0.2) is 0 Å². The molecule has 1 aliphatic heterocycles. The normalized spacial score (nSPS) is 18.6. The maximum atomic E-state index is 5.85. The standard InChI is InChI=1S/C15H11Br2NOS/c16-11-3-1-10(2-4-11)15-18(14(20)9-19-15)13-7-5-12(17)6-8-13/h1-8,15H,9H2/t15-/m0/s1. The number of hydrogen-bond acceptors (Lipinski definition) is 2. The van der Waals surface area contributed by atoms with E-state index >= 15 is 0 Å². The Kier molecular flexibility index (Phi) is 4.21. The summed E-state index contributed by atoms with van der Waals surface area (Å²) < 4.78 is 7.95. The van der Waals surface area contributed by atoms with Crippen molar-refractivity contribution in [2.75, 3.05) is 11.5 Å². The molecule has 0 saturated carbocycles. The topological polar surface area (TPSA) is 12.5 Å². The highest BCUT2D eigenvalue weighted by molar-refractivity contribution is 9.10. The van der Waals surface area contributed by atoms with Gasteiger partial charge in [-0.15, -0.1) is 0 Å². The number of rotatable bonds is 2. The average Bonchev–Trinajstić information content (AvgIpc) is 2.83. The third-order valence-electron chi connectivity index (χ3n) is 3.13. The zero-order valence-corrected chi connectivity index (χ0v) is 14.4. The summed E-state index contributed by atoms with van der Waals surface area (Å²) in [5.74, 6) is 0. The zero-order valence-electron chi connectivity index (χ0n) is 10.4. The number of halogens is 2. The highest BCUT2D eigenvalue weighted by Crippen LogP contribution is 2.34. The summed E-state index contributed by atoms with van der Waals surface area (Å²) >= 11 is 12.3. The zero-order chi connectivity index (χ0) is 14.1. The Morgan fingerprint density at radius 3 is 2.10 bits per heavy atom. The van der Waals surface area contributed by atoms with Crippen molar-refractivity contribution in [2.24, 2.45) is 0 Å². The molecule has 1 atom stereocenters. The SMILES string of the molecule is S=C1CO[C@@H](c2ccc(Br)cc2)N1c1ccc(Br)cc1. The van der Waals surface area contributed by atoms with Gasteiger partial charge in [-0.3, -0.25) is 0 Å². The quantitative estimate of drug-likeness (QED) is 0.638. The Morgan fingerprint density at radius 1 is 0.950 bits per heavy atom. The van der Waals surface area contributed by atoms with E-state index in [1.807, 2.05) is 36.4 Å². The lowest BCUT2D eigenvalue weighted by atomic mass is 10.1. The smallest absolute Gasteiger partial charge is 0.161 e. The van der Waals surface area contributed by atoms with Gasteiger partial charge in [0.1, 0.15) is 11.6 Å². The van der Waals surface area contributed by atoms with E-state index in [4.69, 9.17) is 17.0 Å². The van der Waals surface area contributed by atoms with Crippen LogP contribution in [0.25, 0.3) is 0 Å². The van der Waals surface area contributed by atoms with E-state index in [-0.39, 0.29) is 6.23 Å². The molecule has 2 nitrogen and oxygen atoms in total. The lowest BCUT2D eigenvalue weighted by Gasteiger charge is -2.25. The van der Waals surface area contributed by atoms with Gasteiger partial charge >= 0.3 is 0 Å². The first kappa shape index (κ1) is 14.2. The number of hydrogen-bond donors (Lipinski definition) is 0. The van der Waals surface area contributed by atoms with Crippen LogP contribution in [-0.2, 0) is 4.74 Å². The molecular weight excluding hydrogens is 402 g/mol. The Hall–Kier alpha value is -0.750. The summed E-state index contributed by atoms with van der Waals surface area (Å²) in [6.07, 6.45) is -0.156. The van der Waals surface area contributed by atoms with Crippen molar-refractivity contribution in [1.82, 2.24) is 0 Å². The van der Waals surface area contributed by atoms with Gasteiger partial charge in [0, 0.05) is 20.2 Å². The number of anilines is 1. The number of ether oxygens (including phenoxy) is 1. The van der Waals surface area contributed by atoms with E-state index in [0.29, 0.717) is 6.61 Å². The summed E-state index contributed by atoms with van der Waals surface area (Å²) in [5.41, 5.74) is 2.14. The van der Waals surface area contributed by atoms with E-state index < -0.39 is 0 Å². The lowest BCUT2D eigenvalue weighted by Crippen LogP contribution is -2.26. The molecule has 0 amide bonds. The molecule has 102 valence electrons. The Balaban J connectivity index is 1.96. The molecule has 20 heavy (non-hydrogen) atoms. The van der Waals surface area contributed by atoms with Gasteiger partial charge in [0.05, 0.1) is 0 Å². The maximum absolute atomic E-state index is 5.85. The minimum Gasteiger partial charge on any atom is -0.347 e. The number of nitrogens with zero attached hydrogens (tertiary/aromatic N) is 1. The van der Waals surface area contributed by atoms with Crippen molar-refractivity contribution in [3.63, 3.8) is 0 Å². The molecule has 5 heteroatoms. The van der Waals surface area contributed by atoms with Crippen LogP contribution < -0.4 is 4.90 Å². The van der Waals surface area contributed by atoms with Gasteiger partial charge in [0.2, 0.25) is 0 Å². The lowest BCUT2D eigenvalue weighted by molar-refractivity contribution is 0.117. The molecule has 0 aromatic heterocycles. The molecule has 0 radical (unpaired) electrons. The van der Waals surface area contributed by atoms with Gasteiger partial charge < -0.3 is 9.64 Å². The van der Waals surface area contributed by atoms with Gasteiger partial charge in [0.25, 0.3) is 0 Å². The fourth-order valence-corrected chi connectivity index (χ4v) is 2.98. The summed E-state index contributed by atoms with van der Waals surface area (Å²) in [4.78, 5) is 2.87. The van der Waals surface area contributed by atoms with Crippen LogP contribution in [0.15, 0.2) is 57.5 Å². The first-order chi connectivity index (χ1) is 9.65. The van der Waals surface area contributed by atoms with Crippen molar-refractivity contribution in [3.05, 3.63) is 63.0 Å². The number of benzene rings is 2. The van der Waals surface area contributed by atoms with E-state index in [1.54, 1.807) is 0 Å². The van der Waals surface area contributed by atoms with Gasteiger partial charge in [-0.1, -0.05) is 56.2 Å². The third-order valence-corrected chi connectivity index (χ3v) is 4.50. The van der Waals surface area contributed by atoms with Crippen LogP contribution in [0.3, 0.4) is 0 Å². The molecule has 1 heterocycles. The van der Waals surface area contributed by atoms with Crippen LogP contribution >= 0.6 is 44.1 Å². The molecule has 0 aliphatic carbocycles. The molecule has 3 rings (SSSR count). The molecule has 1 saturated heterocycles. The maximum Gasteiger partial charge on any atom is 0.161 e. The minimum absolute atomic E-state index is 0.156. The van der Waals surface area contributed by atoms with Crippen LogP contribution in [0.5, 0.6) is 0 Å². The summed E-state index contributed by atoms with van der Waals surface area (Å²) in [7, 11) is 0. The van der Waals surface area contributed by atoms with Crippen LogP contribution in [0.1, 0.15) is 11.8 Å². The van der Waals surface area contributed by atoms with Crippen molar-refractivity contribution in [2.45, 2.75) is 6.23 Å². The molecule has 1 fully saturated rings. The molecule has 0 unspecified atom stereocenters. The summed E-state index contributed by atoms with van der Waals surface area (Å²) in [6, 6.07) is 16.2. The second-order valence-electron chi connectivity index (χ2n) is 4.46. The first-order valence-electron chi connectivity index (χ1n) is 6.10. The van der Waals surface area contributed by atoms with E-state index in [0.717, 1.165) is 25.2 Å². The van der Waals surface area contributed by atoms with E-state index in [2.05, 4.69) is 48.9 Å².